The van der Waals surface area contributed by atoms with Gasteiger partial charge in [-0.2, -0.15) is 0 Å². The zero-order chi connectivity index (χ0) is 25.0. The van der Waals surface area contributed by atoms with Crippen molar-refractivity contribution in [2.24, 2.45) is 5.73 Å². The minimum absolute atomic E-state index is 0.111. The Labute approximate surface area is 200 Å². The third-order valence-electron chi connectivity index (χ3n) is 5.60. The van der Waals surface area contributed by atoms with Gasteiger partial charge in [-0.1, -0.05) is 30.3 Å². The van der Waals surface area contributed by atoms with E-state index in [4.69, 9.17) is 20.3 Å². The summed E-state index contributed by atoms with van der Waals surface area (Å²) in [5.41, 5.74) is 6.63. The molecule has 0 aliphatic carbocycles. The van der Waals surface area contributed by atoms with Gasteiger partial charge in [0.05, 0.1) is 0 Å². The third kappa shape index (κ3) is 5.50. The Bertz CT molecular complexity index is 970. The molecule has 2 heterocycles. The van der Waals surface area contributed by atoms with E-state index < -0.39 is 64.8 Å². The summed E-state index contributed by atoms with van der Waals surface area (Å²) in [6.07, 6.45) is -0.179. The van der Waals surface area contributed by atoms with Gasteiger partial charge in [-0.05, 0) is 25.8 Å². The number of β-lactam (4-membered cyclic amide) rings is 1. The minimum Gasteiger partial charge on any atom is -0.481 e. The third-order valence-corrected chi connectivity index (χ3v) is 7.17. The smallest absolute Gasteiger partial charge is 0.333 e. The van der Waals surface area contributed by atoms with Crippen molar-refractivity contribution < 1.29 is 38.6 Å². The zero-order valence-corrected chi connectivity index (χ0v) is 19.6. The minimum atomic E-state index is -1.02. The van der Waals surface area contributed by atoms with E-state index in [1.54, 1.807) is 44.2 Å². The summed E-state index contributed by atoms with van der Waals surface area (Å²) < 4.78 is 9.16. The maximum Gasteiger partial charge on any atom is 0.333 e. The van der Waals surface area contributed by atoms with Crippen LogP contribution in [0, 0.1) is 0 Å². The Morgan fingerprint density at radius 3 is 2.50 bits per heavy atom. The summed E-state index contributed by atoms with van der Waals surface area (Å²) in [6.45, 7) is 2.92. The Kier molecular flexibility index (Phi) is 7.82. The lowest BCUT2D eigenvalue weighted by atomic mass is 9.95. The number of carbonyl (C=O) groups is 5. The fraction of sp³-hybridized carbons (Fsp3) is 0.500. The number of fused-ring (bicyclic) bond motifs is 1. The Hall–Kier alpha value is -3.12. The van der Waals surface area contributed by atoms with E-state index in [-0.39, 0.29) is 19.3 Å². The van der Waals surface area contributed by atoms with Crippen LogP contribution < -0.4 is 11.1 Å². The van der Waals surface area contributed by atoms with E-state index in [9.17, 15) is 24.0 Å². The van der Waals surface area contributed by atoms with Crippen LogP contribution in [0.4, 0.5) is 0 Å². The van der Waals surface area contributed by atoms with Crippen molar-refractivity contribution in [2.75, 3.05) is 6.79 Å². The number of ether oxygens (including phenoxy) is 2. The summed E-state index contributed by atoms with van der Waals surface area (Å²) in [5, 5.41) is 10.8. The van der Waals surface area contributed by atoms with Crippen molar-refractivity contribution in [1.82, 2.24) is 10.2 Å². The second-order valence-electron chi connectivity index (χ2n) is 8.48. The largest absolute Gasteiger partial charge is 0.481 e. The van der Waals surface area contributed by atoms with Crippen LogP contribution in [0.1, 0.15) is 44.7 Å². The highest BCUT2D eigenvalue weighted by molar-refractivity contribution is 8.01. The Morgan fingerprint density at radius 1 is 1.18 bits per heavy atom. The quantitative estimate of drug-likeness (QED) is 0.238. The highest BCUT2D eigenvalue weighted by Gasteiger charge is 2.64. The first-order valence-electron chi connectivity index (χ1n) is 10.7. The molecule has 2 aliphatic rings. The molecule has 3 rings (SSSR count). The van der Waals surface area contributed by atoms with E-state index in [2.05, 4.69) is 5.32 Å². The molecular formula is C22H27N3O8S. The first kappa shape index (κ1) is 25.5. The maximum atomic E-state index is 12.8. The van der Waals surface area contributed by atoms with Crippen molar-refractivity contribution in [3.8, 4) is 0 Å². The molecule has 1 aromatic carbocycles. The van der Waals surface area contributed by atoms with E-state index in [1.165, 1.54) is 16.7 Å². The fourth-order valence-corrected chi connectivity index (χ4v) is 5.49. The number of rotatable bonds is 10. The molecule has 0 radical (unpaired) electrons. The van der Waals surface area contributed by atoms with Gasteiger partial charge in [0.15, 0.2) is 0 Å². The number of thioether (sulfide) groups is 1. The summed E-state index contributed by atoms with van der Waals surface area (Å²) in [4.78, 5) is 61.5. The molecule has 4 atom stereocenters. The summed E-state index contributed by atoms with van der Waals surface area (Å²) in [6, 6.07) is 6.07. The second kappa shape index (κ2) is 10.4. The lowest BCUT2D eigenvalue weighted by molar-refractivity contribution is -0.176. The normalized spacial score (nSPS) is 23.3. The monoisotopic (exact) mass is 493 g/mol. The van der Waals surface area contributed by atoms with Crippen LogP contribution in [0.25, 0.3) is 0 Å². The van der Waals surface area contributed by atoms with Crippen molar-refractivity contribution in [3.05, 3.63) is 35.9 Å². The number of nitrogens with zero attached hydrogens (tertiary/aromatic N) is 1. The predicted octanol–water partition coefficient (Wildman–Crippen LogP) is 0.532. The number of aliphatic carboxylic acids is 1. The molecular weight excluding hydrogens is 466 g/mol. The number of benzene rings is 1. The van der Waals surface area contributed by atoms with Crippen LogP contribution in [0.15, 0.2) is 30.3 Å². The van der Waals surface area contributed by atoms with Gasteiger partial charge in [0.25, 0.3) is 0 Å². The molecule has 0 spiro atoms. The topological polar surface area (TPSA) is 165 Å². The van der Waals surface area contributed by atoms with Crippen LogP contribution in [-0.4, -0.2) is 68.7 Å². The van der Waals surface area contributed by atoms with E-state index in [1.807, 2.05) is 0 Å². The number of carboxylic acid groups (broad SMARTS) is 1. The van der Waals surface area contributed by atoms with Crippen LogP contribution in [-0.2, 0) is 33.4 Å². The molecule has 34 heavy (non-hydrogen) atoms. The van der Waals surface area contributed by atoms with Gasteiger partial charge in [0.2, 0.25) is 18.6 Å². The lowest BCUT2D eigenvalue weighted by Gasteiger charge is -2.44. The molecule has 0 bridgehead atoms. The van der Waals surface area contributed by atoms with E-state index in [0.29, 0.717) is 5.56 Å². The van der Waals surface area contributed by atoms with Crippen LogP contribution in [0.2, 0.25) is 0 Å². The van der Waals surface area contributed by atoms with Gasteiger partial charge >= 0.3 is 17.9 Å². The predicted molar refractivity (Wildman–Crippen MR) is 120 cm³/mol. The summed E-state index contributed by atoms with van der Waals surface area (Å²) >= 11 is 1.35. The second-order valence-corrected chi connectivity index (χ2v) is 10.3. The number of hydrogen-bond donors (Lipinski definition) is 3. The van der Waals surface area contributed by atoms with E-state index >= 15 is 0 Å². The number of nitrogens with two attached hydrogens (primary N) is 1. The van der Waals surface area contributed by atoms with Gasteiger partial charge in [-0.15, -0.1) is 11.8 Å². The molecule has 11 nitrogen and oxygen atoms in total. The van der Waals surface area contributed by atoms with Gasteiger partial charge in [0.1, 0.15) is 23.5 Å². The molecule has 4 N–H and O–H groups in total. The molecule has 1 unspecified atom stereocenters. The number of carbonyl (C=O) groups excluding carboxylic acids is 4. The Morgan fingerprint density at radius 2 is 1.85 bits per heavy atom. The van der Waals surface area contributed by atoms with Gasteiger partial charge < -0.3 is 30.5 Å². The highest BCUT2D eigenvalue weighted by Crippen LogP contribution is 2.51. The lowest BCUT2D eigenvalue weighted by Crippen LogP contribution is -2.71. The average Bonchev–Trinajstić information content (AvgIpc) is 3.04. The number of nitrogens with one attached hydrogen (secondary N) is 1. The van der Waals surface area contributed by atoms with Crippen molar-refractivity contribution in [2.45, 2.75) is 61.4 Å². The summed E-state index contributed by atoms with van der Waals surface area (Å²) in [5.74, 6) is -3.37. The van der Waals surface area contributed by atoms with Crippen molar-refractivity contribution in [3.63, 3.8) is 0 Å². The molecule has 2 saturated heterocycles. The molecule has 184 valence electrons. The maximum absolute atomic E-state index is 12.8. The molecule has 0 aromatic heterocycles. The Balaban J connectivity index is 1.53. The van der Waals surface area contributed by atoms with Crippen LogP contribution in [0.3, 0.4) is 0 Å². The first-order valence-corrected chi connectivity index (χ1v) is 11.6. The van der Waals surface area contributed by atoms with E-state index in [0.717, 1.165) is 0 Å². The SMILES string of the molecule is CC1(C)S[C@@H]2[C@H](NC(=O)C(N)c3ccccc3)C(=O)N2[C@H]1C(=O)OCOC(=O)CCCC(=O)O. The molecule has 0 saturated carbocycles. The van der Waals surface area contributed by atoms with Gasteiger partial charge in [0, 0.05) is 17.6 Å². The standard InChI is InChI=1S/C22H27N3O8S/c1-22(2)17(21(31)33-11-32-14(28)10-6-9-13(26)27)25-19(30)16(20(25)34-22)24-18(29)15(23)12-7-4-3-5-8-12/h3-5,7-8,15-17,20H,6,9-11,23H2,1-2H3,(H,24,29)(H,26,27)/t15?,16-,17+,20-/m1/s1. The molecule has 1 aromatic rings. The number of carboxylic acids is 1. The fourth-order valence-electron chi connectivity index (χ4n) is 3.87. The molecule has 2 aliphatic heterocycles. The van der Waals surface area contributed by atoms with Crippen molar-refractivity contribution in [1.29, 1.82) is 0 Å². The zero-order valence-electron chi connectivity index (χ0n) is 18.8. The van der Waals surface area contributed by atoms with Gasteiger partial charge in [-0.3, -0.25) is 19.2 Å². The molecule has 12 heteroatoms. The summed E-state index contributed by atoms with van der Waals surface area (Å²) in [7, 11) is 0. The van der Waals surface area contributed by atoms with Crippen molar-refractivity contribution >= 4 is 41.5 Å². The molecule has 2 fully saturated rings. The first-order chi connectivity index (χ1) is 16.0. The van der Waals surface area contributed by atoms with Crippen LogP contribution in [0.5, 0.6) is 0 Å². The highest BCUT2D eigenvalue weighted by atomic mass is 32.2. The number of hydrogen-bond acceptors (Lipinski definition) is 9. The number of esters is 2. The van der Waals surface area contributed by atoms with Gasteiger partial charge in [-0.25, -0.2) is 4.79 Å². The average molecular weight is 494 g/mol. The van der Waals surface area contributed by atoms with Crippen LogP contribution >= 0.6 is 11.8 Å². The number of amides is 2. The molecule has 2 amide bonds.